The zero-order valence-corrected chi connectivity index (χ0v) is 14.9. The van der Waals surface area contributed by atoms with Gasteiger partial charge >= 0.3 is 0 Å². The lowest BCUT2D eigenvalue weighted by atomic mass is 10.1. The van der Waals surface area contributed by atoms with Crippen LogP contribution in [0.2, 0.25) is 0 Å². The van der Waals surface area contributed by atoms with Gasteiger partial charge in [-0.3, -0.25) is 4.99 Å². The molecule has 0 aliphatic carbocycles. The number of piperidine rings is 1. The average molecular weight is 318 g/mol. The van der Waals surface area contributed by atoms with Crippen LogP contribution in [0.3, 0.4) is 0 Å². The highest BCUT2D eigenvalue weighted by Crippen LogP contribution is 2.15. The molecule has 5 heteroatoms. The van der Waals surface area contributed by atoms with Crippen molar-refractivity contribution in [2.24, 2.45) is 4.99 Å². The van der Waals surface area contributed by atoms with Gasteiger partial charge in [-0.15, -0.1) is 0 Å². The van der Waals surface area contributed by atoms with Gasteiger partial charge in [0.2, 0.25) is 0 Å². The lowest BCUT2D eigenvalue weighted by molar-refractivity contribution is 0.0263. The molecular weight excluding hydrogens is 288 g/mol. The van der Waals surface area contributed by atoms with E-state index >= 15 is 0 Å². The fourth-order valence-electron chi connectivity index (χ4n) is 2.90. The summed E-state index contributed by atoms with van der Waals surface area (Å²) in [5.74, 6) is 0.983. The van der Waals surface area contributed by atoms with E-state index in [1.807, 2.05) is 7.05 Å². The second-order valence-electron chi connectivity index (χ2n) is 6.10. The van der Waals surface area contributed by atoms with Crippen LogP contribution in [0, 0.1) is 0 Å². The van der Waals surface area contributed by atoms with Crippen LogP contribution in [0.5, 0.6) is 0 Å². The van der Waals surface area contributed by atoms with Crippen LogP contribution in [0.1, 0.15) is 25.3 Å². The summed E-state index contributed by atoms with van der Waals surface area (Å²) in [5.41, 5.74) is 2.48. The number of benzene rings is 1. The predicted molar refractivity (Wildman–Crippen MR) is 97.2 cm³/mol. The Labute approximate surface area is 140 Å². The van der Waals surface area contributed by atoms with Gasteiger partial charge in [-0.25, -0.2) is 0 Å². The molecule has 1 aromatic rings. The normalized spacial score (nSPS) is 16.5. The summed E-state index contributed by atoms with van der Waals surface area (Å²) in [7, 11) is 5.97. The molecule has 1 saturated heterocycles. The molecule has 5 nitrogen and oxygen atoms in total. The van der Waals surface area contributed by atoms with Crippen molar-refractivity contribution in [1.82, 2.24) is 10.2 Å². The van der Waals surface area contributed by atoms with E-state index in [1.165, 1.54) is 11.3 Å². The van der Waals surface area contributed by atoms with Crippen molar-refractivity contribution < 1.29 is 4.74 Å². The van der Waals surface area contributed by atoms with Crippen molar-refractivity contribution in [1.29, 1.82) is 0 Å². The molecule has 0 amide bonds. The van der Waals surface area contributed by atoms with Crippen LogP contribution in [-0.2, 0) is 11.3 Å². The minimum Gasteiger partial charge on any atom is -0.378 e. The number of hydrogen-bond donors (Lipinski definition) is 1. The Kier molecular flexibility index (Phi) is 6.71. The molecule has 0 atom stereocenters. The minimum absolute atomic E-state index is 0.410. The van der Waals surface area contributed by atoms with Gasteiger partial charge in [0.05, 0.1) is 6.10 Å². The summed E-state index contributed by atoms with van der Waals surface area (Å²) >= 11 is 0. The highest BCUT2D eigenvalue weighted by Gasteiger charge is 2.21. The van der Waals surface area contributed by atoms with E-state index in [1.54, 1.807) is 0 Å². The standard InChI is InChI=1S/C18H30N4O/c1-5-23-17-10-12-22(13-11-17)18(19-2)20-14-15-6-8-16(9-7-15)21(3)4/h6-9,17H,5,10-14H2,1-4H3,(H,19,20). The van der Waals surface area contributed by atoms with Crippen LogP contribution < -0.4 is 10.2 Å². The van der Waals surface area contributed by atoms with Crippen molar-refractivity contribution in [2.45, 2.75) is 32.4 Å². The summed E-state index contributed by atoms with van der Waals surface area (Å²) < 4.78 is 5.71. The van der Waals surface area contributed by atoms with Crippen LogP contribution in [0.25, 0.3) is 0 Å². The van der Waals surface area contributed by atoms with Gasteiger partial charge in [0, 0.05) is 53.1 Å². The molecule has 0 unspecified atom stereocenters. The third-order valence-corrected chi connectivity index (χ3v) is 4.26. The molecule has 1 heterocycles. The molecule has 23 heavy (non-hydrogen) atoms. The predicted octanol–water partition coefficient (Wildman–Crippen LogP) is 2.33. The molecule has 1 fully saturated rings. The fourth-order valence-corrected chi connectivity index (χ4v) is 2.90. The number of likely N-dealkylation sites (tertiary alicyclic amines) is 1. The Morgan fingerprint density at radius 1 is 1.26 bits per heavy atom. The van der Waals surface area contributed by atoms with E-state index < -0.39 is 0 Å². The Balaban J connectivity index is 1.83. The summed E-state index contributed by atoms with van der Waals surface area (Å²) in [5, 5.41) is 3.47. The lowest BCUT2D eigenvalue weighted by Gasteiger charge is -2.34. The molecular formula is C18H30N4O. The second kappa shape index (κ2) is 8.77. The van der Waals surface area contributed by atoms with Gasteiger partial charge in [-0.05, 0) is 37.5 Å². The highest BCUT2D eigenvalue weighted by atomic mass is 16.5. The first-order valence-corrected chi connectivity index (χ1v) is 8.47. The fraction of sp³-hybridized carbons (Fsp3) is 0.611. The zero-order valence-electron chi connectivity index (χ0n) is 14.9. The Morgan fingerprint density at radius 2 is 1.91 bits per heavy atom. The highest BCUT2D eigenvalue weighted by molar-refractivity contribution is 5.80. The van der Waals surface area contributed by atoms with E-state index in [2.05, 4.69) is 65.4 Å². The lowest BCUT2D eigenvalue weighted by Crippen LogP contribution is -2.46. The van der Waals surface area contributed by atoms with E-state index in [-0.39, 0.29) is 0 Å². The molecule has 128 valence electrons. The molecule has 1 N–H and O–H groups in total. The third-order valence-electron chi connectivity index (χ3n) is 4.26. The van der Waals surface area contributed by atoms with Crippen LogP contribution in [0.4, 0.5) is 5.69 Å². The molecule has 0 saturated carbocycles. The van der Waals surface area contributed by atoms with Gasteiger partial charge in [-0.2, -0.15) is 0 Å². The van der Waals surface area contributed by atoms with Gasteiger partial charge in [0.1, 0.15) is 0 Å². The monoisotopic (exact) mass is 318 g/mol. The first-order valence-electron chi connectivity index (χ1n) is 8.47. The van der Waals surface area contributed by atoms with Crippen molar-refractivity contribution >= 4 is 11.6 Å². The molecule has 2 rings (SSSR count). The number of nitrogens with one attached hydrogen (secondary N) is 1. The molecule has 0 spiro atoms. The van der Waals surface area contributed by atoms with Crippen molar-refractivity contribution in [2.75, 3.05) is 45.7 Å². The van der Waals surface area contributed by atoms with Gasteiger partial charge in [0.25, 0.3) is 0 Å². The SMILES string of the molecule is CCOC1CCN(C(=NC)NCc2ccc(N(C)C)cc2)CC1. The van der Waals surface area contributed by atoms with E-state index in [0.717, 1.165) is 45.0 Å². The van der Waals surface area contributed by atoms with Crippen LogP contribution in [0.15, 0.2) is 29.3 Å². The molecule has 1 aromatic carbocycles. The quantitative estimate of drug-likeness (QED) is 0.668. The first-order chi connectivity index (χ1) is 11.1. The number of anilines is 1. The van der Waals surface area contributed by atoms with Gasteiger partial charge in [0.15, 0.2) is 5.96 Å². The van der Waals surface area contributed by atoms with Crippen LogP contribution in [-0.4, -0.2) is 57.8 Å². The van der Waals surface area contributed by atoms with Gasteiger partial charge in [-0.1, -0.05) is 12.1 Å². The van der Waals surface area contributed by atoms with Gasteiger partial charge < -0.3 is 19.9 Å². The van der Waals surface area contributed by atoms with Crippen molar-refractivity contribution in [3.05, 3.63) is 29.8 Å². The molecule has 1 aliphatic rings. The average Bonchev–Trinajstić information content (AvgIpc) is 2.57. The minimum atomic E-state index is 0.410. The van der Waals surface area contributed by atoms with Crippen molar-refractivity contribution in [3.63, 3.8) is 0 Å². The smallest absolute Gasteiger partial charge is 0.193 e. The number of nitrogens with zero attached hydrogens (tertiary/aromatic N) is 3. The summed E-state index contributed by atoms with van der Waals surface area (Å²) in [4.78, 5) is 8.86. The Morgan fingerprint density at radius 3 is 2.43 bits per heavy atom. The Bertz CT molecular complexity index is 490. The molecule has 1 aliphatic heterocycles. The number of guanidine groups is 1. The zero-order chi connectivity index (χ0) is 16.7. The molecule has 0 aromatic heterocycles. The number of hydrogen-bond acceptors (Lipinski definition) is 3. The molecule has 0 radical (unpaired) electrons. The topological polar surface area (TPSA) is 40.1 Å². The number of aliphatic imine (C=N–C) groups is 1. The first kappa shape index (κ1) is 17.6. The van der Waals surface area contributed by atoms with E-state index in [0.29, 0.717) is 6.10 Å². The summed E-state index contributed by atoms with van der Waals surface area (Å²) in [6, 6.07) is 8.62. The van der Waals surface area contributed by atoms with Crippen LogP contribution >= 0.6 is 0 Å². The largest absolute Gasteiger partial charge is 0.378 e. The maximum atomic E-state index is 5.71. The summed E-state index contributed by atoms with van der Waals surface area (Å²) in [6.07, 6.45) is 2.56. The van der Waals surface area contributed by atoms with E-state index in [4.69, 9.17) is 4.74 Å². The Hall–Kier alpha value is -1.75. The van der Waals surface area contributed by atoms with Crippen molar-refractivity contribution in [3.8, 4) is 0 Å². The summed E-state index contributed by atoms with van der Waals surface area (Å²) in [6.45, 7) is 5.68. The van der Waals surface area contributed by atoms with E-state index in [9.17, 15) is 0 Å². The maximum Gasteiger partial charge on any atom is 0.193 e. The second-order valence-corrected chi connectivity index (χ2v) is 6.10. The third kappa shape index (κ3) is 5.13. The molecule has 0 bridgehead atoms. The number of rotatable bonds is 5. The maximum absolute atomic E-state index is 5.71. The number of ether oxygens (including phenoxy) is 1.